The summed E-state index contributed by atoms with van der Waals surface area (Å²) in [6.07, 6.45) is -0.402. The van der Waals surface area contributed by atoms with Crippen molar-refractivity contribution in [3.8, 4) is 0 Å². The van der Waals surface area contributed by atoms with Crippen LogP contribution in [0.3, 0.4) is 0 Å². The van der Waals surface area contributed by atoms with Gasteiger partial charge in [0.15, 0.2) is 11.6 Å². The lowest BCUT2D eigenvalue weighted by Crippen LogP contribution is -2.56. The van der Waals surface area contributed by atoms with Gasteiger partial charge in [0.05, 0.1) is 31.9 Å². The van der Waals surface area contributed by atoms with Crippen LogP contribution in [0.2, 0.25) is 0 Å². The Hall–Kier alpha value is -3.52. The van der Waals surface area contributed by atoms with Crippen LogP contribution in [-0.4, -0.2) is 42.1 Å². The molecule has 1 amide bonds. The van der Waals surface area contributed by atoms with Gasteiger partial charge in [0.1, 0.15) is 0 Å². The van der Waals surface area contributed by atoms with Gasteiger partial charge in [-0.25, -0.2) is 0 Å². The van der Waals surface area contributed by atoms with Gasteiger partial charge in [-0.15, -0.1) is 0 Å². The molecule has 5 rings (SSSR count). The number of ether oxygens (including phenoxy) is 2. The normalized spacial score (nSPS) is 25.1. The minimum atomic E-state index is -1.50. The standard InChI is InChI=1S/C29H30N2O5/c1-2-34-28(33)29(18-21-12-6-3-7-13-21)25(30-36-19-22-14-8-4-9-15-22)24-20-35-26(31(24)27(29)32)23-16-10-5-11-17-23/h3-17,24-26,30H,2,18-20H2,1H3/t24-,25-,26-,29+/m1/s1. The van der Waals surface area contributed by atoms with Crippen molar-refractivity contribution in [2.45, 2.75) is 38.3 Å². The predicted molar refractivity (Wildman–Crippen MR) is 133 cm³/mol. The van der Waals surface area contributed by atoms with Crippen LogP contribution in [0, 0.1) is 5.41 Å². The number of fused-ring (bicyclic) bond motifs is 1. The van der Waals surface area contributed by atoms with Crippen molar-refractivity contribution >= 4 is 11.9 Å². The molecule has 0 aliphatic carbocycles. The fraction of sp³-hybridized carbons (Fsp3) is 0.310. The van der Waals surface area contributed by atoms with Crippen LogP contribution >= 0.6 is 0 Å². The third kappa shape index (κ3) is 4.41. The maximum absolute atomic E-state index is 14.3. The van der Waals surface area contributed by atoms with Crippen molar-refractivity contribution in [3.63, 3.8) is 0 Å². The molecule has 3 aromatic rings. The number of rotatable bonds is 9. The lowest BCUT2D eigenvalue weighted by molar-refractivity contribution is -0.167. The van der Waals surface area contributed by atoms with Gasteiger partial charge in [-0.1, -0.05) is 91.0 Å². The van der Waals surface area contributed by atoms with Crippen LogP contribution in [0.4, 0.5) is 0 Å². The minimum Gasteiger partial charge on any atom is -0.465 e. The molecule has 4 atom stereocenters. The summed E-state index contributed by atoms with van der Waals surface area (Å²) < 4.78 is 11.7. The first-order valence-electron chi connectivity index (χ1n) is 12.3. The molecule has 2 aliphatic heterocycles. The molecule has 3 aromatic carbocycles. The van der Waals surface area contributed by atoms with Crippen molar-refractivity contribution in [1.29, 1.82) is 0 Å². The maximum Gasteiger partial charge on any atom is 0.323 e. The largest absolute Gasteiger partial charge is 0.465 e. The fourth-order valence-electron chi connectivity index (χ4n) is 5.22. The Labute approximate surface area is 210 Å². The Morgan fingerprint density at radius 1 is 0.972 bits per heavy atom. The van der Waals surface area contributed by atoms with Gasteiger partial charge in [-0.3, -0.25) is 14.4 Å². The van der Waals surface area contributed by atoms with Crippen LogP contribution in [0.5, 0.6) is 0 Å². The van der Waals surface area contributed by atoms with Gasteiger partial charge in [0.2, 0.25) is 5.91 Å². The monoisotopic (exact) mass is 486 g/mol. The Morgan fingerprint density at radius 3 is 2.22 bits per heavy atom. The van der Waals surface area contributed by atoms with Gasteiger partial charge in [-0.05, 0) is 24.5 Å². The molecule has 1 N–H and O–H groups in total. The second-order valence-electron chi connectivity index (χ2n) is 9.10. The van der Waals surface area contributed by atoms with E-state index >= 15 is 0 Å². The van der Waals surface area contributed by atoms with E-state index in [2.05, 4.69) is 5.48 Å². The third-order valence-electron chi connectivity index (χ3n) is 6.91. The highest BCUT2D eigenvalue weighted by Crippen LogP contribution is 2.48. The van der Waals surface area contributed by atoms with E-state index in [1.54, 1.807) is 11.8 Å². The van der Waals surface area contributed by atoms with E-state index in [1.807, 2.05) is 91.0 Å². The minimum absolute atomic E-state index is 0.170. The number of hydroxylamine groups is 1. The van der Waals surface area contributed by atoms with E-state index in [0.717, 1.165) is 16.7 Å². The lowest BCUT2D eigenvalue weighted by atomic mass is 9.75. The highest BCUT2D eigenvalue weighted by atomic mass is 16.6. The molecule has 2 fully saturated rings. The van der Waals surface area contributed by atoms with E-state index in [0.29, 0.717) is 0 Å². The number of nitrogens with zero attached hydrogens (tertiary/aromatic N) is 1. The molecule has 0 bridgehead atoms. The molecule has 2 heterocycles. The molecule has 36 heavy (non-hydrogen) atoms. The molecule has 0 saturated carbocycles. The van der Waals surface area contributed by atoms with E-state index in [9.17, 15) is 9.59 Å². The Morgan fingerprint density at radius 2 is 1.58 bits per heavy atom. The van der Waals surface area contributed by atoms with Crippen LogP contribution in [0.25, 0.3) is 0 Å². The molecule has 2 saturated heterocycles. The summed E-state index contributed by atoms with van der Waals surface area (Å²) in [6.45, 7) is 2.47. The van der Waals surface area contributed by atoms with Crippen molar-refractivity contribution in [1.82, 2.24) is 10.4 Å². The van der Waals surface area contributed by atoms with E-state index in [-0.39, 0.29) is 32.1 Å². The fourth-order valence-corrected chi connectivity index (χ4v) is 5.22. The van der Waals surface area contributed by atoms with Crippen LogP contribution < -0.4 is 5.48 Å². The first-order valence-corrected chi connectivity index (χ1v) is 12.3. The highest BCUT2D eigenvalue weighted by molar-refractivity contribution is 6.06. The lowest BCUT2D eigenvalue weighted by Gasteiger charge is -2.32. The molecular formula is C29H30N2O5. The maximum atomic E-state index is 14.3. The van der Waals surface area contributed by atoms with Gasteiger partial charge >= 0.3 is 5.97 Å². The molecule has 0 aromatic heterocycles. The number of esters is 1. The summed E-state index contributed by atoms with van der Waals surface area (Å²) in [7, 11) is 0. The number of carbonyl (C=O) groups excluding carboxylic acids is 2. The SMILES string of the molecule is CCOC(=O)[C@]1(Cc2ccccc2)C(=O)N2[C@@H](c3ccccc3)OC[C@@H]2[C@H]1NOCc1ccccc1. The summed E-state index contributed by atoms with van der Waals surface area (Å²) in [5.41, 5.74) is 4.31. The van der Waals surface area contributed by atoms with Crippen molar-refractivity contribution in [3.05, 3.63) is 108 Å². The quantitative estimate of drug-likeness (QED) is 0.282. The molecule has 7 nitrogen and oxygen atoms in total. The number of benzene rings is 3. The van der Waals surface area contributed by atoms with Crippen molar-refractivity contribution in [2.75, 3.05) is 13.2 Å². The molecule has 0 unspecified atom stereocenters. The molecule has 7 heteroatoms. The summed E-state index contributed by atoms with van der Waals surface area (Å²) in [5, 5.41) is 0. The summed E-state index contributed by atoms with van der Waals surface area (Å²) in [6, 6.07) is 27.8. The predicted octanol–water partition coefficient (Wildman–Crippen LogP) is 3.81. The van der Waals surface area contributed by atoms with E-state index in [1.165, 1.54) is 0 Å². The smallest absolute Gasteiger partial charge is 0.323 e. The number of carbonyl (C=O) groups is 2. The molecule has 0 radical (unpaired) electrons. The van der Waals surface area contributed by atoms with Gasteiger partial charge < -0.3 is 14.4 Å². The second kappa shape index (κ2) is 10.6. The first-order chi connectivity index (χ1) is 17.6. The Kier molecular flexibility index (Phi) is 7.13. The zero-order valence-electron chi connectivity index (χ0n) is 20.2. The van der Waals surface area contributed by atoms with Crippen molar-refractivity contribution in [2.24, 2.45) is 5.41 Å². The topological polar surface area (TPSA) is 77.1 Å². The number of nitrogens with one attached hydrogen (secondary N) is 1. The molecule has 0 spiro atoms. The van der Waals surface area contributed by atoms with Gasteiger partial charge in [0.25, 0.3) is 0 Å². The Balaban J connectivity index is 1.52. The van der Waals surface area contributed by atoms with Gasteiger partial charge in [-0.2, -0.15) is 5.48 Å². The summed E-state index contributed by atoms with van der Waals surface area (Å²) in [4.78, 5) is 35.6. The van der Waals surface area contributed by atoms with E-state index in [4.69, 9.17) is 14.3 Å². The second-order valence-corrected chi connectivity index (χ2v) is 9.10. The summed E-state index contributed by atoms with van der Waals surface area (Å²) >= 11 is 0. The van der Waals surface area contributed by atoms with Gasteiger partial charge in [0, 0.05) is 5.56 Å². The number of hydrogen-bond acceptors (Lipinski definition) is 6. The zero-order valence-corrected chi connectivity index (χ0v) is 20.2. The van der Waals surface area contributed by atoms with Crippen LogP contribution in [-0.2, 0) is 36.9 Å². The summed E-state index contributed by atoms with van der Waals surface area (Å²) in [5.74, 6) is -0.872. The van der Waals surface area contributed by atoms with Crippen LogP contribution in [0.15, 0.2) is 91.0 Å². The number of amides is 1. The number of hydrogen-bond donors (Lipinski definition) is 1. The molecular weight excluding hydrogens is 456 g/mol. The third-order valence-corrected chi connectivity index (χ3v) is 6.91. The average molecular weight is 487 g/mol. The zero-order chi connectivity index (χ0) is 25.0. The molecule has 2 aliphatic rings. The highest BCUT2D eigenvalue weighted by Gasteiger charge is 2.68. The molecule has 186 valence electrons. The Bertz CT molecular complexity index is 1170. The first kappa shape index (κ1) is 24.2. The van der Waals surface area contributed by atoms with Crippen LogP contribution in [0.1, 0.15) is 29.8 Å². The average Bonchev–Trinajstić information content (AvgIpc) is 3.44. The van der Waals surface area contributed by atoms with Crippen molar-refractivity contribution < 1.29 is 23.9 Å². The van der Waals surface area contributed by atoms with E-state index < -0.39 is 29.7 Å².